The lowest BCUT2D eigenvalue weighted by Gasteiger charge is -2.33. The molecule has 1 aliphatic rings. The molecule has 0 aliphatic carbocycles. The van der Waals surface area contributed by atoms with E-state index >= 15 is 0 Å². The summed E-state index contributed by atoms with van der Waals surface area (Å²) in [6, 6.07) is 0. The third-order valence-electron chi connectivity index (χ3n) is 2.28. The minimum Gasteiger partial charge on any atom is -0.393 e. The molecule has 2 unspecified atom stereocenters. The van der Waals surface area contributed by atoms with Gasteiger partial charge in [0, 0.05) is 26.1 Å². The number of piperidine rings is 1. The Balaban J connectivity index is 0.000000671. The maximum absolute atomic E-state index is 9.51. The van der Waals surface area contributed by atoms with E-state index in [1.165, 1.54) is 0 Å². The highest BCUT2D eigenvalue weighted by atomic mass is 16.5. The summed E-state index contributed by atoms with van der Waals surface area (Å²) in [6.07, 6.45) is 0.719. The molecule has 1 saturated heterocycles. The van der Waals surface area contributed by atoms with Crippen molar-refractivity contribution >= 4 is 0 Å². The van der Waals surface area contributed by atoms with E-state index in [0.29, 0.717) is 12.5 Å². The van der Waals surface area contributed by atoms with Crippen molar-refractivity contribution in [2.24, 2.45) is 5.92 Å². The Morgan fingerprint density at radius 1 is 1.46 bits per heavy atom. The van der Waals surface area contributed by atoms with Crippen LogP contribution in [0.25, 0.3) is 0 Å². The first-order chi connectivity index (χ1) is 6.24. The second kappa shape index (κ2) is 7.30. The normalized spacial score (nSPS) is 29.3. The molecule has 1 aliphatic heterocycles. The lowest BCUT2D eigenvalue weighted by atomic mass is 9.96. The number of aliphatic hydroxyl groups excluding tert-OH is 1. The number of likely N-dealkylation sites (tertiary alicyclic amines) is 1. The van der Waals surface area contributed by atoms with Crippen LogP contribution >= 0.6 is 0 Å². The molecular weight excluding hydrogens is 166 g/mol. The number of rotatable bonds is 2. The van der Waals surface area contributed by atoms with Gasteiger partial charge in [0.2, 0.25) is 0 Å². The molecule has 0 saturated carbocycles. The highest BCUT2D eigenvalue weighted by molar-refractivity contribution is 4.77. The minimum absolute atomic E-state index is 0.161. The smallest absolute Gasteiger partial charge is 0.0614 e. The van der Waals surface area contributed by atoms with Gasteiger partial charge in [-0.05, 0) is 13.5 Å². The number of nitrogens with zero attached hydrogens (tertiary/aromatic N) is 1. The summed E-state index contributed by atoms with van der Waals surface area (Å²) in [5.41, 5.74) is 0. The topological polar surface area (TPSA) is 32.7 Å². The number of hydrogen-bond donors (Lipinski definition) is 1. The van der Waals surface area contributed by atoms with E-state index in [1.54, 1.807) is 7.11 Å². The summed E-state index contributed by atoms with van der Waals surface area (Å²) >= 11 is 0. The first kappa shape index (κ1) is 12.9. The zero-order valence-corrected chi connectivity index (χ0v) is 9.29. The maximum atomic E-state index is 9.51. The van der Waals surface area contributed by atoms with Gasteiger partial charge in [-0.1, -0.05) is 13.8 Å². The zero-order valence-electron chi connectivity index (χ0n) is 9.29. The molecule has 13 heavy (non-hydrogen) atoms. The van der Waals surface area contributed by atoms with E-state index in [4.69, 9.17) is 4.74 Å². The summed E-state index contributed by atoms with van der Waals surface area (Å²) < 4.78 is 5.01. The second-order valence-electron chi connectivity index (χ2n) is 3.33. The molecule has 0 spiro atoms. The molecule has 3 nitrogen and oxygen atoms in total. The predicted molar refractivity (Wildman–Crippen MR) is 54.8 cm³/mol. The highest BCUT2D eigenvalue weighted by Crippen LogP contribution is 2.15. The Morgan fingerprint density at radius 2 is 2.08 bits per heavy atom. The molecule has 1 heterocycles. The van der Waals surface area contributed by atoms with Crippen LogP contribution in [0.2, 0.25) is 0 Å². The van der Waals surface area contributed by atoms with Gasteiger partial charge in [-0.25, -0.2) is 0 Å². The fourth-order valence-corrected chi connectivity index (χ4v) is 1.58. The van der Waals surface area contributed by atoms with Crippen molar-refractivity contribution in [3.63, 3.8) is 0 Å². The standard InChI is InChI=1S/C8H17NO2.C2H6/c1-9-4-3-8(10)7(5-9)6-11-2;1-2/h7-8,10H,3-6H2,1-2H3;1-2H3. The fourth-order valence-electron chi connectivity index (χ4n) is 1.58. The quantitative estimate of drug-likeness (QED) is 0.702. The lowest BCUT2D eigenvalue weighted by molar-refractivity contribution is -0.00320. The Kier molecular flexibility index (Phi) is 7.23. The van der Waals surface area contributed by atoms with E-state index in [1.807, 2.05) is 13.8 Å². The predicted octanol–water partition coefficient (Wildman–Crippen LogP) is 0.972. The SMILES string of the molecule is CC.COCC1CN(C)CCC1O. The molecule has 80 valence electrons. The molecule has 3 heteroatoms. The second-order valence-corrected chi connectivity index (χ2v) is 3.33. The van der Waals surface area contributed by atoms with Crippen LogP contribution in [0.15, 0.2) is 0 Å². The number of hydrogen-bond acceptors (Lipinski definition) is 3. The Hall–Kier alpha value is -0.120. The molecular formula is C10H23NO2. The van der Waals surface area contributed by atoms with E-state index in [0.717, 1.165) is 19.5 Å². The number of methoxy groups -OCH3 is 1. The third kappa shape index (κ3) is 4.60. The molecule has 1 N–H and O–H groups in total. The van der Waals surface area contributed by atoms with Crippen LogP contribution in [-0.4, -0.2) is 50.0 Å². The molecule has 0 aromatic heterocycles. The Labute approximate surface area is 81.7 Å². The monoisotopic (exact) mass is 189 g/mol. The Morgan fingerprint density at radius 3 is 2.62 bits per heavy atom. The van der Waals surface area contributed by atoms with E-state index in [9.17, 15) is 5.11 Å². The summed E-state index contributed by atoms with van der Waals surface area (Å²) in [6.45, 7) is 6.63. The van der Waals surface area contributed by atoms with Gasteiger partial charge in [-0.2, -0.15) is 0 Å². The third-order valence-corrected chi connectivity index (χ3v) is 2.28. The first-order valence-corrected chi connectivity index (χ1v) is 5.09. The molecule has 0 bridgehead atoms. The molecule has 0 radical (unpaired) electrons. The van der Waals surface area contributed by atoms with Gasteiger partial charge >= 0.3 is 0 Å². The van der Waals surface area contributed by atoms with Gasteiger partial charge in [-0.3, -0.25) is 0 Å². The van der Waals surface area contributed by atoms with Crippen molar-refractivity contribution in [1.29, 1.82) is 0 Å². The molecule has 1 fully saturated rings. The summed E-state index contributed by atoms with van der Waals surface area (Å²) in [4.78, 5) is 2.23. The molecule has 0 aromatic rings. The van der Waals surface area contributed by atoms with Gasteiger partial charge in [0.25, 0.3) is 0 Å². The van der Waals surface area contributed by atoms with Crippen LogP contribution in [0, 0.1) is 5.92 Å². The Bertz CT molecular complexity index is 119. The van der Waals surface area contributed by atoms with Crippen LogP contribution in [0.4, 0.5) is 0 Å². The zero-order chi connectivity index (χ0) is 10.3. The van der Waals surface area contributed by atoms with Gasteiger partial charge < -0.3 is 14.7 Å². The first-order valence-electron chi connectivity index (χ1n) is 5.09. The fraction of sp³-hybridized carbons (Fsp3) is 1.00. The van der Waals surface area contributed by atoms with Crippen molar-refractivity contribution < 1.29 is 9.84 Å². The maximum Gasteiger partial charge on any atom is 0.0614 e. The largest absolute Gasteiger partial charge is 0.393 e. The minimum atomic E-state index is -0.161. The van der Waals surface area contributed by atoms with Gasteiger partial charge in [0.05, 0.1) is 12.7 Å². The average Bonchev–Trinajstić information content (AvgIpc) is 2.15. The summed E-state index contributed by atoms with van der Waals surface area (Å²) in [5, 5.41) is 9.51. The summed E-state index contributed by atoms with van der Waals surface area (Å²) in [5.74, 6) is 0.304. The van der Waals surface area contributed by atoms with Crippen LogP contribution < -0.4 is 0 Å². The number of aliphatic hydroxyl groups is 1. The summed E-state index contributed by atoms with van der Waals surface area (Å²) in [7, 11) is 3.76. The number of ether oxygens (including phenoxy) is 1. The average molecular weight is 189 g/mol. The van der Waals surface area contributed by atoms with Crippen LogP contribution in [0.3, 0.4) is 0 Å². The van der Waals surface area contributed by atoms with E-state index in [2.05, 4.69) is 11.9 Å². The molecule has 1 rings (SSSR count). The van der Waals surface area contributed by atoms with Crippen LogP contribution in [-0.2, 0) is 4.74 Å². The van der Waals surface area contributed by atoms with E-state index in [-0.39, 0.29) is 6.10 Å². The van der Waals surface area contributed by atoms with Crippen molar-refractivity contribution in [1.82, 2.24) is 4.90 Å². The molecule has 0 amide bonds. The lowest BCUT2D eigenvalue weighted by Crippen LogP contribution is -2.42. The molecule has 0 aromatic carbocycles. The van der Waals surface area contributed by atoms with Crippen molar-refractivity contribution in [2.75, 3.05) is 33.9 Å². The van der Waals surface area contributed by atoms with Crippen molar-refractivity contribution in [3.8, 4) is 0 Å². The van der Waals surface area contributed by atoms with Gasteiger partial charge in [0.1, 0.15) is 0 Å². The van der Waals surface area contributed by atoms with Crippen molar-refractivity contribution in [2.45, 2.75) is 26.4 Å². The molecule has 2 atom stereocenters. The highest BCUT2D eigenvalue weighted by Gasteiger charge is 2.25. The van der Waals surface area contributed by atoms with Crippen LogP contribution in [0.1, 0.15) is 20.3 Å². The van der Waals surface area contributed by atoms with Gasteiger partial charge in [0.15, 0.2) is 0 Å². The van der Waals surface area contributed by atoms with E-state index < -0.39 is 0 Å². The van der Waals surface area contributed by atoms with Crippen molar-refractivity contribution in [3.05, 3.63) is 0 Å². The van der Waals surface area contributed by atoms with Gasteiger partial charge in [-0.15, -0.1) is 0 Å². The van der Waals surface area contributed by atoms with Crippen LogP contribution in [0.5, 0.6) is 0 Å².